The molecule has 0 N–H and O–H groups in total. The van der Waals surface area contributed by atoms with E-state index in [1.54, 1.807) is 5.57 Å². The molecule has 0 bridgehead atoms. The van der Waals surface area contributed by atoms with Crippen LogP contribution >= 0.6 is 12.4 Å². The fourth-order valence-electron chi connectivity index (χ4n) is 6.64. The van der Waals surface area contributed by atoms with E-state index in [4.69, 9.17) is 4.74 Å². The number of morpholine rings is 1. The zero-order valence-electron chi connectivity index (χ0n) is 21.4. The van der Waals surface area contributed by atoms with Crippen LogP contribution in [0.4, 0.5) is 11.4 Å². The summed E-state index contributed by atoms with van der Waals surface area (Å²) in [6.07, 6.45) is 16.4. The lowest BCUT2D eigenvalue weighted by Crippen LogP contribution is -2.47. The van der Waals surface area contributed by atoms with Crippen molar-refractivity contribution in [3.05, 3.63) is 29.8 Å². The highest BCUT2D eigenvalue weighted by Crippen LogP contribution is 2.50. The fourth-order valence-corrected chi connectivity index (χ4v) is 6.64. The van der Waals surface area contributed by atoms with Gasteiger partial charge in [0.1, 0.15) is 0 Å². The minimum absolute atomic E-state index is 0. The Balaban J connectivity index is 0.00000274. The smallest absolute Gasteiger partial charge is 0.0642 e. The van der Waals surface area contributed by atoms with Crippen LogP contribution in [0.3, 0.4) is 0 Å². The van der Waals surface area contributed by atoms with Crippen LogP contribution in [0.15, 0.2) is 24.3 Å². The first-order valence-corrected chi connectivity index (χ1v) is 13.9. The number of unbranched alkanes of at least 4 members (excludes halogenated alkanes) is 2. The highest BCUT2D eigenvalue weighted by molar-refractivity contribution is 5.85. The molecular formula is C29H46ClN3O. The largest absolute Gasteiger partial charge is 0.378 e. The maximum atomic E-state index is 5.62. The van der Waals surface area contributed by atoms with E-state index < -0.39 is 0 Å². The lowest BCUT2D eigenvalue weighted by atomic mass is 9.72. The van der Waals surface area contributed by atoms with E-state index in [0.29, 0.717) is 5.41 Å². The Labute approximate surface area is 214 Å². The van der Waals surface area contributed by atoms with Gasteiger partial charge in [-0.25, -0.2) is 0 Å². The normalized spacial score (nSPS) is 23.1. The summed E-state index contributed by atoms with van der Waals surface area (Å²) in [6, 6.07) is 7.33. The molecular weight excluding hydrogens is 442 g/mol. The molecule has 2 saturated heterocycles. The van der Waals surface area contributed by atoms with Crippen LogP contribution in [-0.4, -0.2) is 63.9 Å². The van der Waals surface area contributed by atoms with Gasteiger partial charge in [-0.2, -0.15) is 0 Å². The van der Waals surface area contributed by atoms with Gasteiger partial charge in [0.05, 0.1) is 13.2 Å². The Morgan fingerprint density at radius 1 is 0.882 bits per heavy atom. The van der Waals surface area contributed by atoms with Gasteiger partial charge in [-0.3, -0.25) is 4.90 Å². The number of hydrogen-bond acceptors (Lipinski definition) is 4. The van der Waals surface area contributed by atoms with Crippen molar-refractivity contribution in [1.82, 2.24) is 4.90 Å². The summed E-state index contributed by atoms with van der Waals surface area (Å²) < 4.78 is 5.62. The van der Waals surface area contributed by atoms with Crippen LogP contribution in [0.2, 0.25) is 0 Å². The van der Waals surface area contributed by atoms with Crippen LogP contribution in [0, 0.1) is 5.41 Å². The summed E-state index contributed by atoms with van der Waals surface area (Å²) in [5.74, 6) is 0. The molecule has 2 heterocycles. The summed E-state index contributed by atoms with van der Waals surface area (Å²) >= 11 is 0. The van der Waals surface area contributed by atoms with Gasteiger partial charge in [0, 0.05) is 56.2 Å². The molecule has 1 aromatic rings. The molecule has 1 aromatic carbocycles. The highest BCUT2D eigenvalue weighted by Gasteiger charge is 2.35. The zero-order chi connectivity index (χ0) is 22.5. The van der Waals surface area contributed by atoms with Gasteiger partial charge in [0.15, 0.2) is 0 Å². The molecule has 0 unspecified atom stereocenters. The monoisotopic (exact) mass is 487 g/mol. The molecule has 0 aromatic heterocycles. The number of anilines is 2. The molecule has 0 amide bonds. The standard InChI is InChI=1S/C29H45N3O.ClH/c1-2-3-6-15-30-16-18-32(19-17-30)28-8-7-26(31-20-22-33-23-21-31)24-27(28)25-9-13-29(14-10-25)11-4-5-12-29;/h7-9,24H,2-6,10-23H2,1H3;1H. The van der Waals surface area contributed by atoms with Crippen LogP contribution < -0.4 is 9.80 Å². The fraction of sp³-hybridized carbons (Fsp3) is 0.724. The molecule has 2 aliphatic heterocycles. The molecule has 0 radical (unpaired) electrons. The quantitative estimate of drug-likeness (QED) is 0.415. The molecule has 34 heavy (non-hydrogen) atoms. The minimum Gasteiger partial charge on any atom is -0.378 e. The Morgan fingerprint density at radius 3 is 2.32 bits per heavy atom. The Kier molecular flexibility index (Phi) is 9.23. The number of benzene rings is 1. The maximum absolute atomic E-state index is 5.62. The van der Waals surface area contributed by atoms with E-state index in [0.717, 1.165) is 39.4 Å². The van der Waals surface area contributed by atoms with E-state index in [-0.39, 0.29) is 12.4 Å². The van der Waals surface area contributed by atoms with Gasteiger partial charge < -0.3 is 14.5 Å². The maximum Gasteiger partial charge on any atom is 0.0642 e. The van der Waals surface area contributed by atoms with Gasteiger partial charge in [-0.1, -0.05) is 38.7 Å². The van der Waals surface area contributed by atoms with E-state index in [9.17, 15) is 0 Å². The third kappa shape index (κ3) is 5.94. The van der Waals surface area contributed by atoms with Crippen molar-refractivity contribution in [3.8, 4) is 0 Å². The van der Waals surface area contributed by atoms with Gasteiger partial charge in [-0.05, 0) is 74.3 Å². The predicted octanol–water partition coefficient (Wildman–Crippen LogP) is 6.38. The van der Waals surface area contributed by atoms with E-state index in [1.165, 1.54) is 101 Å². The second-order valence-electron chi connectivity index (χ2n) is 11.0. The van der Waals surface area contributed by atoms with Gasteiger partial charge in [0.2, 0.25) is 0 Å². The molecule has 1 saturated carbocycles. The second kappa shape index (κ2) is 12.1. The van der Waals surface area contributed by atoms with Crippen LogP contribution in [-0.2, 0) is 4.74 Å². The Bertz CT molecular complexity index is 806. The first-order valence-electron chi connectivity index (χ1n) is 13.9. The van der Waals surface area contributed by atoms with Crippen molar-refractivity contribution in [2.45, 2.75) is 71.1 Å². The number of rotatable bonds is 7. The van der Waals surface area contributed by atoms with Crippen LogP contribution in [0.5, 0.6) is 0 Å². The molecule has 5 heteroatoms. The van der Waals surface area contributed by atoms with Crippen molar-refractivity contribution in [2.24, 2.45) is 5.41 Å². The van der Waals surface area contributed by atoms with Crippen molar-refractivity contribution < 1.29 is 4.74 Å². The molecule has 4 aliphatic rings. The van der Waals surface area contributed by atoms with Crippen molar-refractivity contribution in [1.29, 1.82) is 0 Å². The number of nitrogens with zero attached hydrogens (tertiary/aromatic N) is 3. The lowest BCUT2D eigenvalue weighted by Gasteiger charge is -2.39. The van der Waals surface area contributed by atoms with E-state index >= 15 is 0 Å². The number of piperazine rings is 1. The van der Waals surface area contributed by atoms with Gasteiger partial charge in [0.25, 0.3) is 0 Å². The summed E-state index contributed by atoms with van der Waals surface area (Å²) in [5.41, 5.74) is 6.63. The predicted molar refractivity (Wildman–Crippen MR) is 148 cm³/mol. The number of allylic oxidation sites excluding steroid dienone is 2. The van der Waals surface area contributed by atoms with Crippen molar-refractivity contribution >= 4 is 29.4 Å². The third-order valence-corrected chi connectivity index (χ3v) is 8.86. The van der Waals surface area contributed by atoms with Crippen LogP contribution in [0.25, 0.3) is 5.57 Å². The molecule has 5 rings (SSSR count). The molecule has 1 spiro atoms. The number of hydrogen-bond donors (Lipinski definition) is 0. The van der Waals surface area contributed by atoms with Gasteiger partial charge >= 0.3 is 0 Å². The highest BCUT2D eigenvalue weighted by atomic mass is 35.5. The molecule has 3 fully saturated rings. The van der Waals surface area contributed by atoms with Crippen molar-refractivity contribution in [2.75, 3.05) is 68.8 Å². The Hall–Kier alpha value is -1.23. The number of ether oxygens (including phenoxy) is 1. The molecule has 2 aliphatic carbocycles. The molecule has 190 valence electrons. The first-order chi connectivity index (χ1) is 16.3. The average molecular weight is 488 g/mol. The van der Waals surface area contributed by atoms with E-state index in [1.807, 2.05) is 0 Å². The summed E-state index contributed by atoms with van der Waals surface area (Å²) in [7, 11) is 0. The molecule has 0 atom stereocenters. The summed E-state index contributed by atoms with van der Waals surface area (Å²) in [5, 5.41) is 0. The van der Waals surface area contributed by atoms with E-state index in [2.05, 4.69) is 45.9 Å². The lowest BCUT2D eigenvalue weighted by molar-refractivity contribution is 0.122. The second-order valence-corrected chi connectivity index (χ2v) is 11.0. The molecule has 4 nitrogen and oxygen atoms in total. The topological polar surface area (TPSA) is 19.0 Å². The van der Waals surface area contributed by atoms with Gasteiger partial charge in [-0.15, -0.1) is 12.4 Å². The van der Waals surface area contributed by atoms with Crippen molar-refractivity contribution in [3.63, 3.8) is 0 Å². The summed E-state index contributed by atoms with van der Waals surface area (Å²) in [6.45, 7) is 12.0. The minimum atomic E-state index is 0. The van der Waals surface area contributed by atoms with Crippen LogP contribution in [0.1, 0.15) is 76.7 Å². The third-order valence-electron chi connectivity index (χ3n) is 8.86. The summed E-state index contributed by atoms with van der Waals surface area (Å²) in [4.78, 5) is 7.87. The zero-order valence-corrected chi connectivity index (χ0v) is 22.2. The average Bonchev–Trinajstić information content (AvgIpc) is 3.33. The number of halogens is 1. The first kappa shape index (κ1) is 25.9. The SMILES string of the molecule is CCCCCN1CCN(c2ccc(N3CCOCC3)cc2C2=CCC3(CCCC3)CC2)CC1.Cl. The Morgan fingerprint density at radius 2 is 1.65 bits per heavy atom.